The topological polar surface area (TPSA) is 150 Å². The molecule has 0 atom stereocenters. The van der Waals surface area contributed by atoms with Crippen molar-refractivity contribution in [1.82, 2.24) is 5.43 Å². The maximum absolute atomic E-state index is 11.9. The smallest absolute Gasteiger partial charge is 0.312 e. The van der Waals surface area contributed by atoms with Crippen LogP contribution in [0.15, 0.2) is 58.0 Å². The molecule has 0 spiro atoms. The zero-order valence-electron chi connectivity index (χ0n) is 15.9. The summed E-state index contributed by atoms with van der Waals surface area (Å²) in [6.45, 7) is -0.526. The number of nitrogens with one attached hydrogen (secondary N) is 1. The van der Waals surface area contributed by atoms with E-state index in [1.54, 1.807) is 12.1 Å². The molecule has 1 heterocycles. The van der Waals surface area contributed by atoms with Crippen molar-refractivity contribution >= 4 is 46.7 Å². The lowest BCUT2D eigenvalue weighted by atomic mass is 10.1. The highest BCUT2D eigenvalue weighted by Gasteiger charge is 2.17. The number of nitro benzene ring substituents is 2. The van der Waals surface area contributed by atoms with E-state index in [1.807, 2.05) is 0 Å². The molecule has 0 unspecified atom stereocenters. The van der Waals surface area contributed by atoms with Crippen LogP contribution in [-0.2, 0) is 4.79 Å². The molecule has 0 saturated carbocycles. The van der Waals surface area contributed by atoms with E-state index in [2.05, 4.69) is 10.5 Å². The number of nitrogens with zero attached hydrogens (tertiary/aromatic N) is 3. The number of nitro groups is 2. The van der Waals surface area contributed by atoms with E-state index in [0.717, 1.165) is 6.07 Å². The second kappa shape index (κ2) is 9.90. The first-order valence-corrected chi connectivity index (χ1v) is 9.43. The van der Waals surface area contributed by atoms with Gasteiger partial charge in [-0.25, -0.2) is 5.43 Å². The van der Waals surface area contributed by atoms with Crippen LogP contribution >= 0.6 is 23.2 Å². The number of ether oxygens (including phenoxy) is 1. The molecule has 0 aliphatic carbocycles. The quantitative estimate of drug-likeness (QED) is 0.282. The number of hydrogen-bond acceptors (Lipinski definition) is 8. The Labute approximate surface area is 189 Å². The molecule has 3 aromatic rings. The molecule has 13 heteroatoms. The molecule has 2 aromatic carbocycles. The number of carbonyl (C=O) groups is 1. The van der Waals surface area contributed by atoms with Gasteiger partial charge >= 0.3 is 5.69 Å². The van der Waals surface area contributed by atoms with Crippen molar-refractivity contribution in [3.05, 3.63) is 84.6 Å². The highest BCUT2D eigenvalue weighted by Crippen LogP contribution is 2.32. The third-order valence-corrected chi connectivity index (χ3v) is 4.46. The number of carbonyl (C=O) groups excluding carboxylic acids is 1. The third-order valence-electron chi connectivity index (χ3n) is 3.91. The normalized spacial score (nSPS) is 10.8. The van der Waals surface area contributed by atoms with Crippen LogP contribution in [0.4, 0.5) is 11.4 Å². The Kier molecular flexibility index (Phi) is 7.03. The van der Waals surface area contributed by atoms with Gasteiger partial charge in [-0.15, -0.1) is 0 Å². The van der Waals surface area contributed by atoms with E-state index in [-0.39, 0.29) is 32.9 Å². The molecule has 0 bridgehead atoms. The molecule has 3 rings (SSSR count). The van der Waals surface area contributed by atoms with E-state index in [1.165, 1.54) is 36.5 Å². The number of hydrazone groups is 1. The van der Waals surface area contributed by atoms with Gasteiger partial charge in [0.2, 0.25) is 0 Å². The summed E-state index contributed by atoms with van der Waals surface area (Å²) in [7, 11) is 0. The molecule has 0 aliphatic rings. The van der Waals surface area contributed by atoms with Crippen molar-refractivity contribution in [3.8, 4) is 17.1 Å². The maximum atomic E-state index is 11.9. The monoisotopic (exact) mass is 478 g/mol. The van der Waals surface area contributed by atoms with Gasteiger partial charge in [0.25, 0.3) is 11.6 Å². The van der Waals surface area contributed by atoms with Crippen LogP contribution in [0.5, 0.6) is 5.75 Å². The molecule has 1 amide bonds. The van der Waals surface area contributed by atoms with E-state index < -0.39 is 22.4 Å². The van der Waals surface area contributed by atoms with Crippen LogP contribution in [0.2, 0.25) is 10.0 Å². The average molecular weight is 479 g/mol. The molecular weight excluding hydrogens is 467 g/mol. The van der Waals surface area contributed by atoms with Crippen molar-refractivity contribution in [1.29, 1.82) is 0 Å². The first-order chi connectivity index (χ1) is 15.2. The molecular formula is C19H12Cl2N4O7. The van der Waals surface area contributed by atoms with Crippen molar-refractivity contribution in [2.24, 2.45) is 5.10 Å². The summed E-state index contributed by atoms with van der Waals surface area (Å²) in [5, 5.41) is 25.8. The van der Waals surface area contributed by atoms with E-state index in [9.17, 15) is 25.0 Å². The Morgan fingerprint density at radius 2 is 1.88 bits per heavy atom. The molecule has 164 valence electrons. The summed E-state index contributed by atoms with van der Waals surface area (Å²) in [5.74, 6) is -0.176. The lowest BCUT2D eigenvalue weighted by Gasteiger charge is -2.05. The fourth-order valence-electron chi connectivity index (χ4n) is 2.48. The molecule has 0 fully saturated rings. The summed E-state index contributed by atoms with van der Waals surface area (Å²) < 4.78 is 10.7. The molecule has 1 N–H and O–H groups in total. The number of non-ortho nitro benzene ring substituents is 1. The first kappa shape index (κ1) is 22.7. The second-order valence-corrected chi connectivity index (χ2v) is 6.92. The zero-order chi connectivity index (χ0) is 23.3. The number of benzene rings is 2. The van der Waals surface area contributed by atoms with Gasteiger partial charge in [0, 0.05) is 28.8 Å². The van der Waals surface area contributed by atoms with Gasteiger partial charge in [-0.3, -0.25) is 25.0 Å². The lowest BCUT2D eigenvalue weighted by Crippen LogP contribution is -2.24. The molecule has 0 radical (unpaired) electrons. The van der Waals surface area contributed by atoms with E-state index >= 15 is 0 Å². The molecule has 0 aliphatic heterocycles. The summed E-state index contributed by atoms with van der Waals surface area (Å²) in [4.78, 5) is 32.4. The van der Waals surface area contributed by atoms with Crippen LogP contribution in [0.3, 0.4) is 0 Å². The molecule has 0 saturated heterocycles. The Morgan fingerprint density at radius 3 is 2.56 bits per heavy atom. The second-order valence-electron chi connectivity index (χ2n) is 6.07. The Morgan fingerprint density at radius 1 is 1.09 bits per heavy atom. The first-order valence-electron chi connectivity index (χ1n) is 8.67. The van der Waals surface area contributed by atoms with Crippen LogP contribution in [-0.4, -0.2) is 28.6 Å². The van der Waals surface area contributed by atoms with Gasteiger partial charge < -0.3 is 9.15 Å². The van der Waals surface area contributed by atoms with Crippen LogP contribution in [0, 0.1) is 20.2 Å². The van der Waals surface area contributed by atoms with E-state index in [4.69, 9.17) is 32.4 Å². The molecule has 1 aromatic heterocycles. The van der Waals surface area contributed by atoms with Crippen molar-refractivity contribution in [3.63, 3.8) is 0 Å². The van der Waals surface area contributed by atoms with Gasteiger partial charge in [-0.2, -0.15) is 5.10 Å². The Hall–Kier alpha value is -3.96. The fourth-order valence-corrected chi connectivity index (χ4v) is 2.92. The van der Waals surface area contributed by atoms with Crippen molar-refractivity contribution in [2.75, 3.05) is 6.61 Å². The third kappa shape index (κ3) is 5.59. The van der Waals surface area contributed by atoms with Gasteiger partial charge in [-0.05, 0) is 30.3 Å². The van der Waals surface area contributed by atoms with Gasteiger partial charge in [-0.1, -0.05) is 23.2 Å². The minimum absolute atomic E-state index is 0.116. The van der Waals surface area contributed by atoms with E-state index in [0.29, 0.717) is 11.3 Å². The van der Waals surface area contributed by atoms with Crippen LogP contribution in [0.1, 0.15) is 5.76 Å². The fraction of sp³-hybridized carbons (Fsp3) is 0.0526. The summed E-state index contributed by atoms with van der Waals surface area (Å²) >= 11 is 11.8. The summed E-state index contributed by atoms with van der Waals surface area (Å²) in [6, 6.07) is 10.9. The number of amides is 1. The minimum Gasteiger partial charge on any atom is -0.477 e. The summed E-state index contributed by atoms with van der Waals surface area (Å²) in [5.41, 5.74) is 2.11. The SMILES string of the molecule is O=C(COc1ccc(Cl)cc1[N+](=O)[O-])N/N=C\c1ccc(-c2ccc([N+](=O)[O-])cc2Cl)o1. The number of rotatable bonds is 8. The Bertz CT molecular complexity index is 1230. The number of halogens is 2. The maximum Gasteiger partial charge on any atom is 0.312 e. The van der Waals surface area contributed by atoms with Crippen LogP contribution in [0.25, 0.3) is 11.3 Å². The van der Waals surface area contributed by atoms with Gasteiger partial charge in [0.05, 0.1) is 21.1 Å². The molecule has 11 nitrogen and oxygen atoms in total. The highest BCUT2D eigenvalue weighted by molar-refractivity contribution is 6.33. The standard InChI is InChI=1S/C19H12Cl2N4O7/c20-11-1-5-18(16(7-11)25(29)30)31-10-19(26)23-22-9-13-3-6-17(32-13)14-4-2-12(24(27)28)8-15(14)21/h1-9H,10H2,(H,23,26)/b22-9-. The zero-order valence-corrected chi connectivity index (χ0v) is 17.4. The highest BCUT2D eigenvalue weighted by atomic mass is 35.5. The van der Waals surface area contributed by atoms with Crippen LogP contribution < -0.4 is 10.2 Å². The Balaban J connectivity index is 1.58. The average Bonchev–Trinajstić information content (AvgIpc) is 3.21. The predicted molar refractivity (Wildman–Crippen MR) is 115 cm³/mol. The van der Waals surface area contributed by atoms with Gasteiger partial charge in [0.15, 0.2) is 12.4 Å². The molecule has 32 heavy (non-hydrogen) atoms. The summed E-state index contributed by atoms with van der Waals surface area (Å²) in [6.07, 6.45) is 1.21. The van der Waals surface area contributed by atoms with Crippen molar-refractivity contribution in [2.45, 2.75) is 0 Å². The lowest BCUT2D eigenvalue weighted by molar-refractivity contribution is -0.385. The predicted octanol–water partition coefficient (Wildman–Crippen LogP) is 4.60. The van der Waals surface area contributed by atoms with Gasteiger partial charge in [0.1, 0.15) is 11.5 Å². The number of furan rings is 1. The largest absolute Gasteiger partial charge is 0.477 e. The minimum atomic E-state index is -0.678. The number of hydrogen-bond donors (Lipinski definition) is 1. The van der Waals surface area contributed by atoms with Crippen molar-refractivity contribution < 1.29 is 23.8 Å².